The highest BCUT2D eigenvalue weighted by Crippen LogP contribution is 2.19. The molecule has 0 aliphatic carbocycles. The van der Waals surface area contributed by atoms with Crippen molar-refractivity contribution in [2.75, 3.05) is 12.8 Å². The highest BCUT2D eigenvalue weighted by molar-refractivity contribution is 7.99. The van der Waals surface area contributed by atoms with Crippen molar-refractivity contribution in [3.63, 3.8) is 0 Å². The van der Waals surface area contributed by atoms with E-state index < -0.39 is 0 Å². The predicted molar refractivity (Wildman–Crippen MR) is 79.5 cm³/mol. The third kappa shape index (κ3) is 4.36. The maximum atomic E-state index is 4.13. The van der Waals surface area contributed by atoms with Gasteiger partial charge in [0.1, 0.15) is 0 Å². The maximum absolute atomic E-state index is 4.13. The van der Waals surface area contributed by atoms with Crippen LogP contribution in [-0.2, 0) is 13.5 Å². The largest absolute Gasteiger partial charge is 0.316 e. The van der Waals surface area contributed by atoms with Gasteiger partial charge in [-0.1, -0.05) is 22.9 Å². The lowest BCUT2D eigenvalue weighted by molar-refractivity contribution is 0.607. The summed E-state index contributed by atoms with van der Waals surface area (Å²) in [5, 5.41) is 11.4. The lowest BCUT2D eigenvalue weighted by atomic mass is 10.2. The van der Waals surface area contributed by atoms with Crippen molar-refractivity contribution in [3.8, 4) is 0 Å². The van der Waals surface area contributed by atoms with Crippen molar-refractivity contribution in [2.45, 2.75) is 24.3 Å². The zero-order valence-electron chi connectivity index (χ0n) is 11.6. The molecule has 0 fully saturated rings. The number of nitrogens with one attached hydrogen (secondary N) is 1. The van der Waals surface area contributed by atoms with Gasteiger partial charge in [-0.05, 0) is 26.1 Å². The molecular formula is C14H20N4S. The first kappa shape index (κ1) is 14.1. The molecule has 0 radical (unpaired) electrons. The molecule has 0 aliphatic heterocycles. The summed E-state index contributed by atoms with van der Waals surface area (Å²) in [6.07, 6.45) is 2.88. The Bertz CT molecular complexity index is 506. The summed E-state index contributed by atoms with van der Waals surface area (Å²) in [4.78, 5) is 1.31. The Labute approximate surface area is 118 Å². The van der Waals surface area contributed by atoms with Gasteiger partial charge in [-0.15, -0.1) is 16.9 Å². The molecule has 0 spiro atoms. The first-order valence-corrected chi connectivity index (χ1v) is 7.38. The molecule has 1 aromatic carbocycles. The number of thioether (sulfide) groups is 1. The zero-order chi connectivity index (χ0) is 13.7. The molecule has 0 amide bonds. The minimum absolute atomic E-state index is 0.406. The summed E-state index contributed by atoms with van der Waals surface area (Å²) in [7, 11) is 3.89. The molecule has 0 saturated heterocycles. The van der Waals surface area contributed by atoms with E-state index in [1.54, 1.807) is 4.68 Å². The van der Waals surface area contributed by atoms with Crippen LogP contribution in [0.3, 0.4) is 0 Å². The topological polar surface area (TPSA) is 42.7 Å². The normalized spacial score (nSPS) is 12.6. The van der Waals surface area contributed by atoms with Gasteiger partial charge in [-0.2, -0.15) is 0 Å². The first-order chi connectivity index (χ1) is 9.17. The van der Waals surface area contributed by atoms with Gasteiger partial charge in [0, 0.05) is 36.4 Å². The van der Waals surface area contributed by atoms with Crippen LogP contribution >= 0.6 is 11.8 Å². The third-order valence-electron chi connectivity index (χ3n) is 2.99. The molecule has 0 aliphatic rings. The number of rotatable bonds is 6. The van der Waals surface area contributed by atoms with Gasteiger partial charge >= 0.3 is 0 Å². The van der Waals surface area contributed by atoms with Crippen LogP contribution in [0.5, 0.6) is 0 Å². The van der Waals surface area contributed by atoms with Gasteiger partial charge in [0.25, 0.3) is 0 Å². The Morgan fingerprint density at radius 2 is 2.05 bits per heavy atom. The van der Waals surface area contributed by atoms with Crippen LogP contribution < -0.4 is 5.32 Å². The molecule has 102 valence electrons. The van der Waals surface area contributed by atoms with Crippen molar-refractivity contribution < 1.29 is 0 Å². The smallest absolute Gasteiger partial charge is 0.0842 e. The summed E-state index contributed by atoms with van der Waals surface area (Å²) in [5.41, 5.74) is 2.33. The summed E-state index contributed by atoms with van der Waals surface area (Å²) < 4.78 is 1.75. The number of benzene rings is 1. The van der Waals surface area contributed by atoms with Crippen LogP contribution in [-0.4, -0.2) is 33.8 Å². The molecular weight excluding hydrogens is 256 g/mol. The number of likely N-dealkylation sites (N-methyl/N-ethyl adjacent to an activating group) is 1. The number of hydrogen-bond acceptors (Lipinski definition) is 4. The fourth-order valence-electron chi connectivity index (χ4n) is 1.82. The number of aromatic nitrogens is 3. The molecule has 0 saturated carbocycles. The van der Waals surface area contributed by atoms with E-state index in [-0.39, 0.29) is 0 Å². The second kappa shape index (κ2) is 6.73. The Morgan fingerprint density at radius 1 is 1.32 bits per heavy atom. The molecule has 1 unspecified atom stereocenters. The monoisotopic (exact) mass is 276 g/mol. The quantitative estimate of drug-likeness (QED) is 0.820. The molecule has 1 atom stereocenters. The Kier molecular flexibility index (Phi) is 4.99. The number of nitrogens with zero attached hydrogens (tertiary/aromatic N) is 3. The fraction of sp³-hybridized carbons (Fsp3) is 0.429. The van der Waals surface area contributed by atoms with Crippen molar-refractivity contribution in [2.24, 2.45) is 7.05 Å². The Morgan fingerprint density at radius 3 is 2.63 bits per heavy atom. The van der Waals surface area contributed by atoms with Crippen LogP contribution in [0, 0.1) is 6.92 Å². The molecule has 1 aromatic heterocycles. The molecule has 19 heavy (non-hydrogen) atoms. The third-order valence-corrected chi connectivity index (χ3v) is 4.16. The summed E-state index contributed by atoms with van der Waals surface area (Å²) in [6, 6.07) is 9.06. The molecule has 1 heterocycles. The van der Waals surface area contributed by atoms with E-state index in [1.165, 1.54) is 10.5 Å². The average molecular weight is 276 g/mol. The first-order valence-electron chi connectivity index (χ1n) is 6.39. The van der Waals surface area contributed by atoms with E-state index >= 15 is 0 Å². The van der Waals surface area contributed by atoms with Crippen molar-refractivity contribution in [1.29, 1.82) is 0 Å². The fourth-order valence-corrected chi connectivity index (χ4v) is 2.82. The van der Waals surface area contributed by atoms with E-state index in [0.717, 1.165) is 17.9 Å². The zero-order valence-corrected chi connectivity index (χ0v) is 12.4. The van der Waals surface area contributed by atoms with Gasteiger partial charge < -0.3 is 5.32 Å². The van der Waals surface area contributed by atoms with Crippen LogP contribution in [0.25, 0.3) is 0 Å². The lowest BCUT2D eigenvalue weighted by Crippen LogP contribution is -2.30. The Balaban J connectivity index is 1.87. The van der Waals surface area contributed by atoms with E-state index in [1.807, 2.05) is 32.1 Å². The molecule has 0 bridgehead atoms. The SMILES string of the molecule is CNC(CSc1ccc(C)cc1)Cc1cn(C)nn1. The Hall–Kier alpha value is -1.33. The minimum Gasteiger partial charge on any atom is -0.316 e. The van der Waals surface area contributed by atoms with Crippen molar-refractivity contribution in [3.05, 3.63) is 41.7 Å². The molecule has 5 heteroatoms. The lowest BCUT2D eigenvalue weighted by Gasteiger charge is -2.14. The molecule has 1 N–H and O–H groups in total. The summed E-state index contributed by atoms with van der Waals surface area (Å²) in [5.74, 6) is 1.02. The highest BCUT2D eigenvalue weighted by atomic mass is 32.2. The predicted octanol–water partition coefficient (Wildman–Crippen LogP) is 2.05. The van der Waals surface area contributed by atoms with Crippen molar-refractivity contribution >= 4 is 11.8 Å². The number of hydrogen-bond donors (Lipinski definition) is 1. The second-order valence-electron chi connectivity index (χ2n) is 4.70. The number of aryl methyl sites for hydroxylation is 2. The van der Waals surface area contributed by atoms with E-state index in [0.29, 0.717) is 6.04 Å². The van der Waals surface area contributed by atoms with Crippen LogP contribution in [0.15, 0.2) is 35.4 Å². The van der Waals surface area contributed by atoms with Gasteiger partial charge in [0.15, 0.2) is 0 Å². The summed E-state index contributed by atoms with van der Waals surface area (Å²) >= 11 is 1.87. The van der Waals surface area contributed by atoms with E-state index in [4.69, 9.17) is 0 Å². The minimum atomic E-state index is 0.406. The summed E-state index contributed by atoms with van der Waals surface area (Å²) in [6.45, 7) is 2.11. The molecule has 4 nitrogen and oxygen atoms in total. The van der Waals surface area contributed by atoms with Gasteiger partial charge in [0.2, 0.25) is 0 Å². The van der Waals surface area contributed by atoms with Crippen molar-refractivity contribution in [1.82, 2.24) is 20.3 Å². The van der Waals surface area contributed by atoms with Crippen LogP contribution in [0.1, 0.15) is 11.3 Å². The average Bonchev–Trinajstić information content (AvgIpc) is 2.82. The highest BCUT2D eigenvalue weighted by Gasteiger charge is 2.10. The standard InChI is InChI=1S/C14H20N4S/c1-11-4-6-14(7-5-11)19-10-13(15-2)8-12-9-18(3)17-16-12/h4-7,9,13,15H,8,10H2,1-3H3. The van der Waals surface area contributed by atoms with Crippen LogP contribution in [0.2, 0.25) is 0 Å². The van der Waals surface area contributed by atoms with E-state index in [9.17, 15) is 0 Å². The molecule has 2 rings (SSSR count). The van der Waals surface area contributed by atoms with Gasteiger partial charge in [-0.3, -0.25) is 4.68 Å². The van der Waals surface area contributed by atoms with Gasteiger partial charge in [0.05, 0.1) is 5.69 Å². The van der Waals surface area contributed by atoms with E-state index in [2.05, 4.69) is 46.8 Å². The second-order valence-corrected chi connectivity index (χ2v) is 5.79. The maximum Gasteiger partial charge on any atom is 0.0842 e. The van der Waals surface area contributed by atoms with Crippen LogP contribution in [0.4, 0.5) is 0 Å². The van der Waals surface area contributed by atoms with Gasteiger partial charge in [-0.25, -0.2) is 0 Å². The molecule has 2 aromatic rings.